The van der Waals surface area contributed by atoms with Crippen LogP contribution in [0.15, 0.2) is 0 Å². The largest absolute Gasteiger partial charge is 0.450 e. The van der Waals surface area contributed by atoms with Crippen molar-refractivity contribution in [2.24, 2.45) is 0 Å². The van der Waals surface area contributed by atoms with Crippen molar-refractivity contribution in [1.82, 2.24) is 5.32 Å². The first-order chi connectivity index (χ1) is 9.31. The summed E-state index contributed by atoms with van der Waals surface area (Å²) in [7, 11) is 0. The van der Waals surface area contributed by atoms with E-state index in [4.69, 9.17) is 4.74 Å². The zero-order valence-corrected chi connectivity index (χ0v) is 13.0. The van der Waals surface area contributed by atoms with Crippen LogP contribution in [-0.2, 0) is 4.74 Å². The zero-order valence-electron chi connectivity index (χ0n) is 13.0. The fourth-order valence-electron chi connectivity index (χ4n) is 2.00. The van der Waals surface area contributed by atoms with Gasteiger partial charge in [0, 0.05) is 6.54 Å². The lowest BCUT2D eigenvalue weighted by Gasteiger charge is -2.06. The van der Waals surface area contributed by atoms with Gasteiger partial charge in [-0.3, -0.25) is 0 Å². The van der Waals surface area contributed by atoms with Gasteiger partial charge in [0.05, 0.1) is 6.61 Å². The summed E-state index contributed by atoms with van der Waals surface area (Å²) in [5.41, 5.74) is 0. The summed E-state index contributed by atoms with van der Waals surface area (Å²) in [5.74, 6) is 0. The molecule has 3 nitrogen and oxygen atoms in total. The molecule has 0 saturated carbocycles. The molecule has 0 aliphatic heterocycles. The first-order valence-corrected chi connectivity index (χ1v) is 8.21. The summed E-state index contributed by atoms with van der Waals surface area (Å²) in [6, 6.07) is 0. The number of nitrogens with one attached hydrogen (secondary N) is 1. The Balaban J connectivity index is 3.07. The van der Waals surface area contributed by atoms with Gasteiger partial charge in [0.15, 0.2) is 0 Å². The van der Waals surface area contributed by atoms with Gasteiger partial charge in [0.1, 0.15) is 0 Å². The maximum absolute atomic E-state index is 11.2. The molecule has 0 aliphatic carbocycles. The van der Waals surface area contributed by atoms with E-state index in [9.17, 15) is 4.79 Å². The Morgan fingerprint density at radius 3 is 1.89 bits per heavy atom. The fraction of sp³-hybridized carbons (Fsp3) is 0.938. The number of hydrogen-bond donors (Lipinski definition) is 1. The second-order valence-electron chi connectivity index (χ2n) is 5.24. The van der Waals surface area contributed by atoms with E-state index in [2.05, 4.69) is 19.2 Å². The van der Waals surface area contributed by atoms with Gasteiger partial charge in [-0.05, 0) is 12.8 Å². The van der Waals surface area contributed by atoms with Gasteiger partial charge in [0.25, 0.3) is 0 Å². The highest BCUT2D eigenvalue weighted by molar-refractivity contribution is 5.66. The van der Waals surface area contributed by atoms with Crippen LogP contribution in [0, 0.1) is 0 Å². The van der Waals surface area contributed by atoms with Crippen molar-refractivity contribution in [1.29, 1.82) is 0 Å². The maximum atomic E-state index is 11.2. The van der Waals surface area contributed by atoms with Gasteiger partial charge in [-0.1, -0.05) is 71.6 Å². The molecule has 0 rings (SSSR count). The molecule has 0 atom stereocenters. The Morgan fingerprint density at radius 2 is 1.32 bits per heavy atom. The van der Waals surface area contributed by atoms with Crippen molar-refractivity contribution in [3.8, 4) is 0 Å². The summed E-state index contributed by atoms with van der Waals surface area (Å²) in [5, 5.41) is 2.75. The molecule has 0 aromatic carbocycles. The van der Waals surface area contributed by atoms with Crippen LogP contribution in [0.2, 0.25) is 0 Å². The van der Waals surface area contributed by atoms with E-state index >= 15 is 0 Å². The Labute approximate surface area is 119 Å². The van der Waals surface area contributed by atoms with Gasteiger partial charge in [0.2, 0.25) is 0 Å². The fourth-order valence-corrected chi connectivity index (χ4v) is 2.00. The number of ether oxygens (including phenoxy) is 1. The molecule has 0 aromatic heterocycles. The number of carbonyl (C=O) groups is 1. The van der Waals surface area contributed by atoms with Crippen molar-refractivity contribution in [2.75, 3.05) is 13.2 Å². The maximum Gasteiger partial charge on any atom is 0.407 e. The molecule has 0 radical (unpaired) electrons. The van der Waals surface area contributed by atoms with Gasteiger partial charge in [-0.25, -0.2) is 4.79 Å². The van der Waals surface area contributed by atoms with E-state index in [0.29, 0.717) is 6.61 Å². The summed E-state index contributed by atoms with van der Waals surface area (Å²) in [6.07, 6.45) is 13.4. The third-order valence-corrected chi connectivity index (χ3v) is 3.28. The second kappa shape index (κ2) is 15.3. The predicted octanol–water partition coefficient (Wildman–Crippen LogP) is 5.04. The third-order valence-electron chi connectivity index (χ3n) is 3.28. The molecular weight excluding hydrogens is 238 g/mol. The summed E-state index contributed by atoms with van der Waals surface area (Å²) in [6.45, 7) is 5.65. The molecule has 0 spiro atoms. The lowest BCUT2D eigenvalue weighted by Crippen LogP contribution is -2.25. The van der Waals surface area contributed by atoms with Crippen molar-refractivity contribution >= 4 is 6.09 Å². The topological polar surface area (TPSA) is 38.3 Å². The van der Waals surface area contributed by atoms with Crippen LogP contribution in [0.5, 0.6) is 0 Å². The van der Waals surface area contributed by atoms with Crippen LogP contribution < -0.4 is 5.32 Å². The second-order valence-corrected chi connectivity index (χ2v) is 5.24. The molecular formula is C16H33NO2. The quantitative estimate of drug-likeness (QED) is 0.476. The highest BCUT2D eigenvalue weighted by Gasteiger charge is 1.99. The van der Waals surface area contributed by atoms with Crippen LogP contribution in [0.3, 0.4) is 0 Å². The third kappa shape index (κ3) is 15.2. The number of hydrogen-bond acceptors (Lipinski definition) is 2. The Bertz CT molecular complexity index is 195. The minimum absolute atomic E-state index is 0.256. The highest BCUT2D eigenvalue weighted by Crippen LogP contribution is 2.09. The van der Waals surface area contributed by atoms with E-state index in [1.165, 1.54) is 51.4 Å². The molecule has 3 heteroatoms. The standard InChI is InChI=1S/C16H33NO2/c1-3-5-7-8-9-10-11-12-13-15-19-16(18)17-14-6-4-2/h3-15H2,1-2H3,(H,17,18). The minimum atomic E-state index is -0.256. The Morgan fingerprint density at radius 1 is 0.789 bits per heavy atom. The normalized spacial score (nSPS) is 10.4. The van der Waals surface area contributed by atoms with Gasteiger partial charge in [-0.15, -0.1) is 0 Å². The molecule has 114 valence electrons. The molecule has 1 N–H and O–H groups in total. The molecule has 0 unspecified atom stereocenters. The number of rotatable bonds is 13. The van der Waals surface area contributed by atoms with E-state index in [-0.39, 0.29) is 6.09 Å². The molecule has 0 fully saturated rings. The van der Waals surface area contributed by atoms with Crippen LogP contribution in [0.25, 0.3) is 0 Å². The van der Waals surface area contributed by atoms with E-state index in [1.54, 1.807) is 0 Å². The molecule has 0 saturated heterocycles. The Kier molecular flexibility index (Phi) is 14.7. The van der Waals surface area contributed by atoms with Gasteiger partial charge < -0.3 is 10.1 Å². The van der Waals surface area contributed by atoms with E-state index in [1.807, 2.05) is 0 Å². The molecule has 0 aliphatic rings. The number of carbonyl (C=O) groups excluding carboxylic acids is 1. The summed E-state index contributed by atoms with van der Waals surface area (Å²) in [4.78, 5) is 11.2. The molecule has 0 aromatic rings. The van der Waals surface area contributed by atoms with Crippen molar-refractivity contribution in [2.45, 2.75) is 84.5 Å². The van der Waals surface area contributed by atoms with Crippen LogP contribution in [0.4, 0.5) is 4.79 Å². The van der Waals surface area contributed by atoms with E-state index < -0.39 is 0 Å². The minimum Gasteiger partial charge on any atom is -0.450 e. The number of unbranched alkanes of at least 4 members (excludes halogenated alkanes) is 9. The molecule has 19 heavy (non-hydrogen) atoms. The SMILES string of the molecule is CCCCCCCCCCCOC(=O)NCCCC. The predicted molar refractivity (Wildman–Crippen MR) is 81.5 cm³/mol. The van der Waals surface area contributed by atoms with E-state index in [0.717, 1.165) is 25.8 Å². The first kappa shape index (κ1) is 18.3. The summed E-state index contributed by atoms with van der Waals surface area (Å²) >= 11 is 0. The summed E-state index contributed by atoms with van der Waals surface area (Å²) < 4.78 is 5.10. The molecule has 0 bridgehead atoms. The monoisotopic (exact) mass is 271 g/mol. The number of alkyl carbamates (subject to hydrolysis) is 1. The first-order valence-electron chi connectivity index (χ1n) is 8.21. The van der Waals surface area contributed by atoms with Crippen LogP contribution >= 0.6 is 0 Å². The van der Waals surface area contributed by atoms with Crippen LogP contribution in [-0.4, -0.2) is 19.2 Å². The van der Waals surface area contributed by atoms with Crippen molar-refractivity contribution in [3.63, 3.8) is 0 Å². The average molecular weight is 271 g/mol. The Hall–Kier alpha value is -0.730. The highest BCUT2D eigenvalue weighted by atomic mass is 16.5. The average Bonchev–Trinajstić information content (AvgIpc) is 2.41. The number of amides is 1. The zero-order chi connectivity index (χ0) is 14.2. The smallest absolute Gasteiger partial charge is 0.407 e. The lowest BCUT2D eigenvalue weighted by atomic mass is 10.1. The van der Waals surface area contributed by atoms with Gasteiger partial charge >= 0.3 is 6.09 Å². The van der Waals surface area contributed by atoms with Crippen molar-refractivity contribution < 1.29 is 9.53 Å². The van der Waals surface area contributed by atoms with Crippen LogP contribution in [0.1, 0.15) is 84.5 Å². The molecule has 0 heterocycles. The van der Waals surface area contributed by atoms with Gasteiger partial charge in [-0.2, -0.15) is 0 Å². The van der Waals surface area contributed by atoms with Crippen molar-refractivity contribution in [3.05, 3.63) is 0 Å². The lowest BCUT2D eigenvalue weighted by molar-refractivity contribution is 0.143. The molecule has 1 amide bonds.